The molecule has 1 rings (SSSR count). The molecule has 0 saturated carbocycles. The number of hydrogen-bond donors (Lipinski definition) is 1. The average Bonchev–Trinajstić information content (AvgIpc) is 2.28. The lowest BCUT2D eigenvalue weighted by Crippen LogP contribution is -2.34. The monoisotopic (exact) mass is 246 g/mol. The van der Waals surface area contributed by atoms with Gasteiger partial charge in [-0.3, -0.25) is 0 Å². The van der Waals surface area contributed by atoms with Gasteiger partial charge in [0.05, 0.1) is 18.2 Å². The number of nitriles is 1. The molecule has 6 heteroatoms. The number of aryl methyl sites for hydroxylation is 1. The first-order valence-electron chi connectivity index (χ1n) is 4.77. The Morgan fingerprint density at radius 1 is 1.41 bits per heavy atom. The first-order chi connectivity index (χ1) is 7.86. The second-order valence-corrected chi connectivity index (χ2v) is 3.56. The van der Waals surface area contributed by atoms with Crippen LogP contribution in [0.15, 0.2) is 18.2 Å². The molecule has 0 saturated heterocycles. The van der Waals surface area contributed by atoms with Gasteiger partial charge in [0, 0.05) is 5.69 Å². The summed E-state index contributed by atoms with van der Waals surface area (Å²) in [6.45, 7) is 0.463. The zero-order chi connectivity index (χ0) is 13.1. The molecule has 0 aliphatic rings. The van der Waals surface area contributed by atoms with Crippen LogP contribution in [-0.4, -0.2) is 18.9 Å². The summed E-state index contributed by atoms with van der Waals surface area (Å²) < 4.78 is 49.2. The molecule has 17 heavy (non-hydrogen) atoms. The first kappa shape index (κ1) is 13.3. The number of hydrogen-bond acceptors (Lipinski definition) is 2. The Hall–Kier alpha value is -1.77. The van der Waals surface area contributed by atoms with Crippen LogP contribution in [0.2, 0.25) is 0 Å². The van der Waals surface area contributed by atoms with Gasteiger partial charge in [-0.1, -0.05) is 6.07 Å². The van der Waals surface area contributed by atoms with Gasteiger partial charge < -0.3 is 5.32 Å². The molecule has 0 aromatic heterocycles. The molecule has 0 spiro atoms. The van der Waals surface area contributed by atoms with Crippen LogP contribution in [0.5, 0.6) is 0 Å². The van der Waals surface area contributed by atoms with Gasteiger partial charge in [-0.05, 0) is 24.6 Å². The number of rotatable bonds is 4. The molecule has 92 valence electrons. The second-order valence-electron chi connectivity index (χ2n) is 3.56. The van der Waals surface area contributed by atoms with Crippen molar-refractivity contribution in [3.05, 3.63) is 29.3 Å². The van der Waals surface area contributed by atoms with E-state index in [-0.39, 0.29) is 11.3 Å². The summed E-state index contributed by atoms with van der Waals surface area (Å²) in [6, 6.07) is 6.26. The summed E-state index contributed by atoms with van der Waals surface area (Å²) in [4.78, 5) is 0. The highest BCUT2D eigenvalue weighted by Crippen LogP contribution is 2.24. The Morgan fingerprint density at radius 3 is 2.59 bits per heavy atom. The van der Waals surface area contributed by atoms with E-state index in [4.69, 9.17) is 5.26 Å². The lowest BCUT2D eigenvalue weighted by atomic mass is 10.1. The topological polar surface area (TPSA) is 35.8 Å². The number of halogens is 4. The Morgan fingerprint density at radius 2 is 2.06 bits per heavy atom. The van der Waals surface area contributed by atoms with E-state index in [0.717, 1.165) is 0 Å². The molecule has 0 unspecified atom stereocenters. The van der Waals surface area contributed by atoms with Crippen LogP contribution in [-0.2, 0) is 0 Å². The van der Waals surface area contributed by atoms with Gasteiger partial charge in [-0.25, -0.2) is 8.78 Å². The molecule has 1 N–H and O–H groups in total. The third-order valence-corrected chi connectivity index (χ3v) is 2.20. The van der Waals surface area contributed by atoms with Crippen molar-refractivity contribution in [1.29, 1.82) is 5.26 Å². The van der Waals surface area contributed by atoms with Crippen molar-refractivity contribution < 1.29 is 17.6 Å². The smallest absolute Gasteiger partial charge is 0.324 e. The van der Waals surface area contributed by atoms with Crippen LogP contribution in [0.1, 0.15) is 11.1 Å². The predicted octanol–water partition coefficient (Wildman–Crippen LogP) is 3.18. The fourth-order valence-electron chi connectivity index (χ4n) is 1.17. The summed E-state index contributed by atoms with van der Waals surface area (Å²) in [5.41, 5.74) is 1.14. The van der Waals surface area contributed by atoms with Gasteiger partial charge in [0.25, 0.3) is 0 Å². The average molecular weight is 246 g/mol. The molecule has 0 fully saturated rings. The van der Waals surface area contributed by atoms with Crippen LogP contribution in [0.25, 0.3) is 0 Å². The Balaban J connectivity index is 2.79. The summed E-state index contributed by atoms with van der Waals surface area (Å²) in [5.74, 6) is -4.09. The Labute approximate surface area is 95.9 Å². The zero-order valence-electron chi connectivity index (χ0n) is 8.98. The van der Waals surface area contributed by atoms with Gasteiger partial charge >= 0.3 is 12.3 Å². The fraction of sp³-hybridized carbons (Fsp3) is 0.364. The van der Waals surface area contributed by atoms with E-state index in [9.17, 15) is 17.6 Å². The number of anilines is 1. The molecule has 2 nitrogen and oxygen atoms in total. The van der Waals surface area contributed by atoms with Crippen molar-refractivity contribution in [3.8, 4) is 6.07 Å². The molecule has 1 aromatic rings. The summed E-state index contributed by atoms with van der Waals surface area (Å²) in [6.07, 6.45) is -3.71. The van der Waals surface area contributed by atoms with Gasteiger partial charge in [0.2, 0.25) is 0 Å². The third kappa shape index (κ3) is 3.34. The molecule has 0 radical (unpaired) electrons. The molecule has 0 bridgehead atoms. The van der Waals surface area contributed by atoms with E-state index in [2.05, 4.69) is 5.32 Å². The predicted molar refractivity (Wildman–Crippen MR) is 55.3 cm³/mol. The van der Waals surface area contributed by atoms with E-state index in [1.54, 1.807) is 13.0 Å². The van der Waals surface area contributed by atoms with Crippen LogP contribution in [0, 0.1) is 18.3 Å². The van der Waals surface area contributed by atoms with Crippen molar-refractivity contribution >= 4 is 5.69 Å². The quantitative estimate of drug-likeness (QED) is 0.828. The largest absolute Gasteiger partial charge is 0.379 e. The van der Waals surface area contributed by atoms with Gasteiger partial charge in [-0.15, -0.1) is 0 Å². The highest BCUT2D eigenvalue weighted by molar-refractivity contribution is 5.55. The van der Waals surface area contributed by atoms with Crippen molar-refractivity contribution in [2.24, 2.45) is 0 Å². The maximum Gasteiger partial charge on any atom is 0.324 e. The molecule has 0 atom stereocenters. The highest BCUT2D eigenvalue weighted by atomic mass is 19.3. The van der Waals surface area contributed by atoms with Gasteiger partial charge in [0.1, 0.15) is 0 Å². The standard InChI is InChI=1S/C11H10F4N2/c1-7-2-3-8(5-16)4-9(7)17-6-11(14,15)10(12)13/h2-4,10,17H,6H2,1H3. The van der Waals surface area contributed by atoms with Gasteiger partial charge in [-0.2, -0.15) is 14.0 Å². The summed E-state index contributed by atoms with van der Waals surface area (Å²) >= 11 is 0. The first-order valence-corrected chi connectivity index (χ1v) is 4.77. The van der Waals surface area contributed by atoms with Crippen molar-refractivity contribution in [2.45, 2.75) is 19.3 Å². The van der Waals surface area contributed by atoms with E-state index in [0.29, 0.717) is 5.56 Å². The normalized spacial score (nSPS) is 11.4. The number of alkyl halides is 4. The van der Waals surface area contributed by atoms with Crippen LogP contribution in [0.3, 0.4) is 0 Å². The maximum atomic E-state index is 12.7. The van der Waals surface area contributed by atoms with E-state index < -0.39 is 18.9 Å². The minimum absolute atomic E-state index is 0.254. The molecule has 0 aliphatic carbocycles. The zero-order valence-corrected chi connectivity index (χ0v) is 8.98. The maximum absolute atomic E-state index is 12.7. The fourth-order valence-corrected chi connectivity index (χ4v) is 1.17. The van der Waals surface area contributed by atoms with Crippen LogP contribution < -0.4 is 5.32 Å². The van der Waals surface area contributed by atoms with Crippen LogP contribution >= 0.6 is 0 Å². The summed E-state index contributed by atoms with van der Waals surface area (Å²) in [5, 5.41) is 10.9. The number of benzene rings is 1. The van der Waals surface area contributed by atoms with Crippen LogP contribution in [0.4, 0.5) is 23.2 Å². The molecular formula is C11H10F4N2. The summed E-state index contributed by atoms with van der Waals surface area (Å²) in [7, 11) is 0. The second kappa shape index (κ2) is 5.04. The molecule has 1 aromatic carbocycles. The number of nitrogens with one attached hydrogen (secondary N) is 1. The SMILES string of the molecule is Cc1ccc(C#N)cc1NCC(F)(F)C(F)F. The van der Waals surface area contributed by atoms with E-state index >= 15 is 0 Å². The lowest BCUT2D eigenvalue weighted by Gasteiger charge is -2.17. The molecular weight excluding hydrogens is 236 g/mol. The Bertz CT molecular complexity index is 438. The molecule has 0 aliphatic heterocycles. The van der Waals surface area contributed by atoms with E-state index in [1.807, 2.05) is 6.07 Å². The lowest BCUT2D eigenvalue weighted by molar-refractivity contribution is -0.117. The molecule has 0 amide bonds. The molecule has 0 heterocycles. The minimum Gasteiger partial charge on any atom is -0.379 e. The van der Waals surface area contributed by atoms with Crippen molar-refractivity contribution in [3.63, 3.8) is 0 Å². The van der Waals surface area contributed by atoms with Gasteiger partial charge in [0.15, 0.2) is 0 Å². The highest BCUT2D eigenvalue weighted by Gasteiger charge is 2.40. The third-order valence-electron chi connectivity index (χ3n) is 2.20. The Kier molecular flexibility index (Phi) is 3.94. The minimum atomic E-state index is -4.09. The van der Waals surface area contributed by atoms with Crippen molar-refractivity contribution in [1.82, 2.24) is 0 Å². The van der Waals surface area contributed by atoms with E-state index in [1.165, 1.54) is 12.1 Å². The number of nitrogens with zero attached hydrogens (tertiary/aromatic N) is 1. The van der Waals surface area contributed by atoms with Crippen molar-refractivity contribution in [2.75, 3.05) is 11.9 Å².